The van der Waals surface area contributed by atoms with Gasteiger partial charge in [0.2, 0.25) is 11.8 Å². The Kier molecular flexibility index (Phi) is 8.44. The van der Waals surface area contributed by atoms with Gasteiger partial charge in [-0.05, 0) is 68.3 Å². The largest absolute Gasteiger partial charge is 0.343 e. The summed E-state index contributed by atoms with van der Waals surface area (Å²) in [6, 6.07) is 12.1. The number of thiazole rings is 1. The van der Waals surface area contributed by atoms with Crippen molar-refractivity contribution in [1.82, 2.24) is 20.5 Å². The van der Waals surface area contributed by atoms with Crippen LogP contribution in [-0.4, -0.2) is 47.4 Å². The van der Waals surface area contributed by atoms with Crippen molar-refractivity contribution in [2.45, 2.75) is 83.3 Å². The van der Waals surface area contributed by atoms with Crippen molar-refractivity contribution in [2.24, 2.45) is 5.92 Å². The second kappa shape index (κ2) is 12.0. The van der Waals surface area contributed by atoms with E-state index in [-0.39, 0.29) is 29.8 Å². The normalized spacial score (nSPS) is 20.0. The molecule has 3 atom stereocenters. The second-order valence-corrected chi connectivity index (χ2v) is 11.7. The van der Waals surface area contributed by atoms with Gasteiger partial charge in [0.25, 0.3) is 0 Å². The van der Waals surface area contributed by atoms with Crippen LogP contribution in [0.1, 0.15) is 75.4 Å². The number of nitrogens with zero attached hydrogens (tertiary/aromatic N) is 2. The van der Waals surface area contributed by atoms with Crippen molar-refractivity contribution in [3.63, 3.8) is 0 Å². The third-order valence-electron chi connectivity index (χ3n) is 8.51. The lowest BCUT2D eigenvalue weighted by molar-refractivity contribution is -0.139. The molecule has 1 saturated carbocycles. The van der Waals surface area contributed by atoms with Crippen molar-refractivity contribution < 1.29 is 9.59 Å². The van der Waals surface area contributed by atoms with E-state index in [1.807, 2.05) is 11.8 Å². The molecule has 5 rings (SSSR count). The van der Waals surface area contributed by atoms with Crippen LogP contribution in [0.4, 0.5) is 0 Å². The zero-order valence-electron chi connectivity index (χ0n) is 22.8. The van der Waals surface area contributed by atoms with Gasteiger partial charge in [0.1, 0.15) is 11.0 Å². The lowest BCUT2D eigenvalue weighted by atomic mass is 9.83. The Hall–Kier alpha value is -2.77. The Morgan fingerprint density at radius 2 is 1.87 bits per heavy atom. The number of carbonyl (C=O) groups is 2. The molecule has 1 aliphatic carbocycles. The number of fused-ring (bicyclic) bond motifs is 1. The molecule has 202 valence electrons. The molecule has 0 bridgehead atoms. The molecule has 38 heavy (non-hydrogen) atoms. The monoisotopic (exact) mass is 532 g/mol. The van der Waals surface area contributed by atoms with E-state index < -0.39 is 6.04 Å². The van der Waals surface area contributed by atoms with E-state index in [1.54, 1.807) is 18.4 Å². The SMILES string of the molecule is CCc1ccc2ccccc2c1-c1csc([C@@H]2CCCN2C(=O)[C@@H](NC(=O)[C@H](C)NC)C2CCCCC2)n1. The van der Waals surface area contributed by atoms with Crippen molar-refractivity contribution in [1.29, 1.82) is 0 Å². The summed E-state index contributed by atoms with van der Waals surface area (Å²) in [7, 11) is 1.78. The molecule has 7 heteroatoms. The van der Waals surface area contributed by atoms with E-state index in [0.29, 0.717) is 6.54 Å². The van der Waals surface area contributed by atoms with Crippen molar-refractivity contribution in [3.05, 3.63) is 52.3 Å². The van der Waals surface area contributed by atoms with Gasteiger partial charge in [0.15, 0.2) is 0 Å². The smallest absolute Gasteiger partial charge is 0.246 e. The molecule has 1 aromatic heterocycles. The molecule has 3 aromatic rings. The van der Waals surface area contributed by atoms with Crippen LogP contribution in [0.25, 0.3) is 22.0 Å². The van der Waals surface area contributed by atoms with Crippen LogP contribution in [0.5, 0.6) is 0 Å². The van der Waals surface area contributed by atoms with Gasteiger partial charge in [-0.2, -0.15) is 0 Å². The Morgan fingerprint density at radius 3 is 2.63 bits per heavy atom. The quantitative estimate of drug-likeness (QED) is 0.381. The molecule has 1 aliphatic heterocycles. The van der Waals surface area contributed by atoms with Crippen molar-refractivity contribution in [3.8, 4) is 11.3 Å². The van der Waals surface area contributed by atoms with Gasteiger partial charge in [-0.3, -0.25) is 9.59 Å². The van der Waals surface area contributed by atoms with E-state index in [2.05, 4.69) is 59.3 Å². The van der Waals surface area contributed by atoms with Gasteiger partial charge in [0.05, 0.1) is 17.8 Å². The summed E-state index contributed by atoms with van der Waals surface area (Å²) in [4.78, 5) is 34.1. The number of carbonyl (C=O) groups excluding carboxylic acids is 2. The second-order valence-electron chi connectivity index (χ2n) is 10.8. The summed E-state index contributed by atoms with van der Waals surface area (Å²) in [6.07, 6.45) is 8.24. The van der Waals surface area contributed by atoms with Crippen LogP contribution >= 0.6 is 11.3 Å². The lowest BCUT2D eigenvalue weighted by Gasteiger charge is -2.35. The molecule has 1 saturated heterocycles. The number of aromatic nitrogens is 1. The lowest BCUT2D eigenvalue weighted by Crippen LogP contribution is -2.55. The summed E-state index contributed by atoms with van der Waals surface area (Å²) in [6.45, 7) is 4.74. The number of likely N-dealkylation sites (tertiary alicyclic amines) is 1. The summed E-state index contributed by atoms with van der Waals surface area (Å²) in [5.74, 6) is 0.152. The van der Waals surface area contributed by atoms with E-state index in [1.165, 1.54) is 28.3 Å². The molecule has 2 fully saturated rings. The maximum atomic E-state index is 14.1. The first-order chi connectivity index (χ1) is 18.5. The first-order valence-corrected chi connectivity index (χ1v) is 15.1. The molecule has 2 aliphatic rings. The number of aryl methyl sites for hydroxylation is 1. The highest BCUT2D eigenvalue weighted by Crippen LogP contribution is 2.39. The van der Waals surface area contributed by atoms with Crippen LogP contribution in [0.2, 0.25) is 0 Å². The fraction of sp³-hybridized carbons (Fsp3) is 0.516. The molecule has 0 unspecified atom stereocenters. The van der Waals surface area contributed by atoms with Crippen LogP contribution in [-0.2, 0) is 16.0 Å². The molecule has 0 radical (unpaired) electrons. The first kappa shape index (κ1) is 26.8. The minimum Gasteiger partial charge on any atom is -0.343 e. The number of amides is 2. The average Bonchev–Trinajstić information content (AvgIpc) is 3.65. The van der Waals surface area contributed by atoms with Gasteiger partial charge in [0, 0.05) is 17.5 Å². The van der Waals surface area contributed by atoms with Crippen LogP contribution in [0, 0.1) is 5.92 Å². The predicted molar refractivity (Wildman–Crippen MR) is 155 cm³/mol. The topological polar surface area (TPSA) is 74.3 Å². The first-order valence-electron chi connectivity index (χ1n) is 14.3. The highest BCUT2D eigenvalue weighted by molar-refractivity contribution is 7.10. The zero-order chi connectivity index (χ0) is 26.6. The Bertz CT molecular complexity index is 1280. The average molecular weight is 533 g/mol. The number of hydrogen-bond donors (Lipinski definition) is 2. The van der Waals surface area contributed by atoms with E-state index >= 15 is 0 Å². The third-order valence-corrected chi connectivity index (χ3v) is 9.45. The molecule has 0 spiro atoms. The number of rotatable bonds is 8. The fourth-order valence-electron chi connectivity index (χ4n) is 6.19. The third kappa shape index (κ3) is 5.36. The minimum atomic E-state index is -0.469. The van der Waals surface area contributed by atoms with Crippen LogP contribution in [0.15, 0.2) is 41.8 Å². The Labute approximate surface area is 230 Å². The Balaban J connectivity index is 1.43. The number of likely N-dealkylation sites (N-methyl/N-ethyl adjacent to an activating group) is 1. The number of nitrogens with one attached hydrogen (secondary N) is 2. The van der Waals surface area contributed by atoms with Gasteiger partial charge >= 0.3 is 0 Å². The molecule has 2 amide bonds. The summed E-state index contributed by atoms with van der Waals surface area (Å²) < 4.78 is 0. The maximum absolute atomic E-state index is 14.1. The summed E-state index contributed by atoms with van der Waals surface area (Å²) in [5.41, 5.74) is 3.49. The molecular formula is C31H40N4O2S. The summed E-state index contributed by atoms with van der Waals surface area (Å²) in [5, 5.41) is 11.8. The van der Waals surface area contributed by atoms with Gasteiger partial charge < -0.3 is 15.5 Å². The maximum Gasteiger partial charge on any atom is 0.246 e. The molecule has 2 aromatic carbocycles. The van der Waals surface area contributed by atoms with Crippen molar-refractivity contribution >= 4 is 33.9 Å². The van der Waals surface area contributed by atoms with E-state index in [0.717, 1.165) is 55.6 Å². The number of hydrogen-bond acceptors (Lipinski definition) is 5. The highest BCUT2D eigenvalue weighted by Gasteiger charge is 2.40. The van der Waals surface area contributed by atoms with Crippen LogP contribution in [0.3, 0.4) is 0 Å². The molecular weight excluding hydrogens is 492 g/mol. The molecule has 6 nitrogen and oxygen atoms in total. The van der Waals surface area contributed by atoms with Gasteiger partial charge in [-0.1, -0.05) is 62.6 Å². The number of benzene rings is 2. The fourth-order valence-corrected chi connectivity index (χ4v) is 7.15. The molecule has 2 heterocycles. The zero-order valence-corrected chi connectivity index (χ0v) is 23.7. The predicted octanol–water partition coefficient (Wildman–Crippen LogP) is 5.86. The van der Waals surface area contributed by atoms with Crippen LogP contribution < -0.4 is 10.6 Å². The van der Waals surface area contributed by atoms with Crippen molar-refractivity contribution in [2.75, 3.05) is 13.6 Å². The van der Waals surface area contributed by atoms with Gasteiger partial charge in [-0.15, -0.1) is 11.3 Å². The van der Waals surface area contributed by atoms with E-state index in [4.69, 9.17) is 4.98 Å². The van der Waals surface area contributed by atoms with Gasteiger partial charge in [-0.25, -0.2) is 4.98 Å². The summed E-state index contributed by atoms with van der Waals surface area (Å²) >= 11 is 1.66. The van der Waals surface area contributed by atoms with E-state index in [9.17, 15) is 9.59 Å². The highest BCUT2D eigenvalue weighted by atomic mass is 32.1. The standard InChI is InChI=1S/C31H40N4O2S/c1-4-21-16-17-22-11-8-9-14-24(22)27(21)25-19-38-30(33-25)26-15-10-18-35(26)31(37)28(23-12-6-5-7-13-23)34-29(36)20(2)32-3/h8-9,11,14,16-17,19-20,23,26,28,32H,4-7,10,12-13,15,18H2,1-3H3,(H,34,36)/t20-,26-,28-/m0/s1. The molecule has 2 N–H and O–H groups in total. The minimum absolute atomic E-state index is 0.0361. The Morgan fingerprint density at radius 1 is 1.08 bits per heavy atom.